The molecule has 2 fully saturated rings. The molecule has 0 bridgehead atoms. The molecule has 4 atom stereocenters. The van der Waals surface area contributed by atoms with Crippen molar-refractivity contribution in [1.29, 1.82) is 0 Å². The van der Waals surface area contributed by atoms with Crippen molar-refractivity contribution in [2.24, 2.45) is 11.7 Å². The van der Waals surface area contributed by atoms with Gasteiger partial charge in [0.1, 0.15) is 17.8 Å². The first-order chi connectivity index (χ1) is 17.1. The number of likely N-dealkylation sites (tertiary alicyclic amines) is 1. The van der Waals surface area contributed by atoms with E-state index in [0.29, 0.717) is 18.5 Å². The van der Waals surface area contributed by atoms with E-state index in [0.717, 1.165) is 19.6 Å². The molecule has 2 aliphatic rings. The van der Waals surface area contributed by atoms with Crippen LogP contribution in [0, 0.1) is 5.92 Å². The van der Waals surface area contributed by atoms with Gasteiger partial charge < -0.3 is 36.4 Å². The maximum absolute atomic E-state index is 13.0. The third-order valence-corrected chi connectivity index (χ3v) is 6.31. The van der Waals surface area contributed by atoms with Crippen LogP contribution >= 0.6 is 0 Å². The molecule has 3 unspecified atom stereocenters. The molecule has 1 aromatic carbocycles. The average molecular weight is 504 g/mol. The molecule has 4 amide bonds. The third kappa shape index (κ3) is 8.20. The van der Waals surface area contributed by atoms with E-state index in [9.17, 15) is 24.3 Å². The topological polar surface area (TPSA) is 166 Å². The van der Waals surface area contributed by atoms with Crippen molar-refractivity contribution in [3.63, 3.8) is 0 Å². The van der Waals surface area contributed by atoms with E-state index in [-0.39, 0.29) is 24.0 Å². The highest BCUT2D eigenvalue weighted by Gasteiger charge is 2.51. The number of hydrogen-bond acceptors (Lipinski definition) is 7. The number of amides is 4. The van der Waals surface area contributed by atoms with Crippen LogP contribution in [0.3, 0.4) is 0 Å². The van der Waals surface area contributed by atoms with E-state index in [4.69, 9.17) is 10.5 Å². The number of benzene rings is 1. The molecule has 11 heteroatoms. The molecule has 2 saturated heterocycles. The van der Waals surface area contributed by atoms with Gasteiger partial charge >= 0.3 is 0 Å². The van der Waals surface area contributed by atoms with Crippen LogP contribution in [0.2, 0.25) is 0 Å². The summed E-state index contributed by atoms with van der Waals surface area (Å²) in [5.74, 6) is -2.02. The van der Waals surface area contributed by atoms with Gasteiger partial charge in [0.25, 0.3) is 11.8 Å². The molecule has 3 rings (SSSR count). The number of nitrogens with two attached hydrogens (primary N) is 1. The fourth-order valence-corrected chi connectivity index (χ4v) is 4.27. The number of nitrogens with zero attached hydrogens (tertiary/aromatic N) is 1. The van der Waals surface area contributed by atoms with Gasteiger partial charge in [0, 0.05) is 19.5 Å². The Bertz CT molecular complexity index is 931. The number of hydrogen-bond donors (Lipinski definition) is 5. The van der Waals surface area contributed by atoms with Crippen LogP contribution in [0.4, 0.5) is 0 Å². The second kappa shape index (κ2) is 12.7. The van der Waals surface area contributed by atoms with Crippen LogP contribution in [0.25, 0.3) is 0 Å². The van der Waals surface area contributed by atoms with E-state index in [2.05, 4.69) is 20.9 Å². The number of carbonyl (C=O) groups excluding carboxylic acids is 4. The monoisotopic (exact) mass is 503 g/mol. The molecule has 6 N–H and O–H groups in total. The number of aromatic hydroxyl groups is 1. The Balaban J connectivity index is 1.51. The lowest BCUT2D eigenvalue weighted by atomic mass is 10.0. The summed E-state index contributed by atoms with van der Waals surface area (Å²) in [7, 11) is 0. The van der Waals surface area contributed by atoms with Gasteiger partial charge in [-0.15, -0.1) is 0 Å². The van der Waals surface area contributed by atoms with Crippen molar-refractivity contribution in [2.45, 2.75) is 63.8 Å². The van der Waals surface area contributed by atoms with Gasteiger partial charge in [-0.1, -0.05) is 26.0 Å². The molecule has 2 heterocycles. The number of epoxide rings is 1. The van der Waals surface area contributed by atoms with Gasteiger partial charge in [0.15, 0.2) is 12.2 Å². The standard InChI is InChI=1S/C25H37N5O6/c1-15(2)13-19(23(33)28-18(22(26)32)14-16-5-7-17(31)8-6-16)29-25(35)21-20(36-21)24(34)27-9-12-30-10-3-4-11-30/h5-8,15,18-21,31H,3-4,9-14H2,1-2H3,(H2,26,32)(H,27,34)(H,28,33)(H,29,35)/t18?,19-,20?,21?/m0/s1. The Morgan fingerprint density at radius 3 is 2.28 bits per heavy atom. The minimum Gasteiger partial charge on any atom is -0.508 e. The predicted octanol–water partition coefficient (Wildman–Crippen LogP) is -0.585. The van der Waals surface area contributed by atoms with Gasteiger partial charge in [-0.3, -0.25) is 19.2 Å². The zero-order chi connectivity index (χ0) is 26.2. The molecule has 198 valence electrons. The van der Waals surface area contributed by atoms with Crippen LogP contribution in [-0.2, 0) is 30.3 Å². The van der Waals surface area contributed by atoms with E-state index >= 15 is 0 Å². The summed E-state index contributed by atoms with van der Waals surface area (Å²) < 4.78 is 5.29. The maximum Gasteiger partial charge on any atom is 0.253 e. The van der Waals surface area contributed by atoms with Crippen molar-refractivity contribution in [2.75, 3.05) is 26.2 Å². The highest BCUT2D eigenvalue weighted by molar-refractivity contribution is 5.97. The Labute approximate surface area is 211 Å². The molecule has 1 aromatic rings. The Morgan fingerprint density at radius 1 is 1.03 bits per heavy atom. The average Bonchev–Trinajstić information content (AvgIpc) is 3.47. The number of phenols is 1. The number of nitrogens with one attached hydrogen (secondary N) is 3. The lowest BCUT2D eigenvalue weighted by Crippen LogP contribution is -2.54. The maximum atomic E-state index is 13.0. The molecule has 0 aliphatic carbocycles. The lowest BCUT2D eigenvalue weighted by molar-refractivity contribution is -0.132. The molecule has 0 radical (unpaired) electrons. The summed E-state index contributed by atoms with van der Waals surface area (Å²) in [5.41, 5.74) is 6.20. The molecule has 0 aromatic heterocycles. The summed E-state index contributed by atoms with van der Waals surface area (Å²) in [6, 6.07) is 4.29. The normalized spacial score (nSPS) is 21.0. The highest BCUT2D eigenvalue weighted by Crippen LogP contribution is 2.23. The molecule has 2 aliphatic heterocycles. The smallest absolute Gasteiger partial charge is 0.253 e. The Hall–Kier alpha value is -3.18. The van der Waals surface area contributed by atoms with E-state index < -0.39 is 42.0 Å². The van der Waals surface area contributed by atoms with Crippen molar-refractivity contribution in [3.8, 4) is 5.75 Å². The van der Waals surface area contributed by atoms with E-state index in [1.807, 2.05) is 13.8 Å². The molecular weight excluding hydrogens is 466 g/mol. The Morgan fingerprint density at radius 2 is 1.67 bits per heavy atom. The summed E-state index contributed by atoms with van der Waals surface area (Å²) in [5, 5.41) is 17.5. The summed E-state index contributed by atoms with van der Waals surface area (Å²) in [6.07, 6.45) is 0.965. The molecule has 0 spiro atoms. The van der Waals surface area contributed by atoms with Gasteiger partial charge in [-0.05, 0) is 56.0 Å². The first-order valence-corrected chi connectivity index (χ1v) is 12.5. The second-order valence-electron chi connectivity index (χ2n) is 9.84. The molecule has 36 heavy (non-hydrogen) atoms. The number of primary amides is 1. The zero-order valence-corrected chi connectivity index (χ0v) is 20.9. The minimum absolute atomic E-state index is 0.0648. The molecular formula is C25H37N5O6. The van der Waals surface area contributed by atoms with Crippen LogP contribution in [-0.4, -0.2) is 84.1 Å². The summed E-state index contributed by atoms with van der Waals surface area (Å²) >= 11 is 0. The number of ether oxygens (including phenoxy) is 1. The molecule has 11 nitrogen and oxygen atoms in total. The highest BCUT2D eigenvalue weighted by atomic mass is 16.6. The third-order valence-electron chi connectivity index (χ3n) is 6.31. The second-order valence-corrected chi connectivity index (χ2v) is 9.84. The van der Waals surface area contributed by atoms with Crippen LogP contribution in [0.1, 0.15) is 38.7 Å². The van der Waals surface area contributed by atoms with Gasteiger partial charge in [0.05, 0.1) is 0 Å². The largest absolute Gasteiger partial charge is 0.508 e. The number of rotatable bonds is 13. The number of carbonyl (C=O) groups is 4. The van der Waals surface area contributed by atoms with Crippen molar-refractivity contribution < 1.29 is 29.0 Å². The van der Waals surface area contributed by atoms with Crippen molar-refractivity contribution >= 4 is 23.6 Å². The van der Waals surface area contributed by atoms with E-state index in [1.54, 1.807) is 12.1 Å². The van der Waals surface area contributed by atoms with Gasteiger partial charge in [-0.2, -0.15) is 0 Å². The first-order valence-electron chi connectivity index (χ1n) is 12.5. The van der Waals surface area contributed by atoms with E-state index in [1.165, 1.54) is 25.0 Å². The van der Waals surface area contributed by atoms with Crippen molar-refractivity contribution in [1.82, 2.24) is 20.9 Å². The number of phenolic OH excluding ortho intramolecular Hbond substituents is 1. The molecule has 0 saturated carbocycles. The van der Waals surface area contributed by atoms with Crippen LogP contribution < -0.4 is 21.7 Å². The fraction of sp³-hybridized carbons (Fsp3) is 0.600. The Kier molecular flexibility index (Phi) is 9.65. The summed E-state index contributed by atoms with van der Waals surface area (Å²) in [4.78, 5) is 52.3. The quantitative estimate of drug-likeness (QED) is 0.224. The van der Waals surface area contributed by atoms with Crippen LogP contribution in [0.5, 0.6) is 5.75 Å². The summed E-state index contributed by atoms with van der Waals surface area (Å²) in [6.45, 7) is 7.12. The van der Waals surface area contributed by atoms with Gasteiger partial charge in [0.2, 0.25) is 11.8 Å². The SMILES string of the molecule is CC(C)C[C@H](NC(=O)C1OC1C(=O)NCCN1CCCC1)C(=O)NC(Cc1ccc(O)cc1)C(N)=O. The minimum atomic E-state index is -1.00. The predicted molar refractivity (Wildman–Crippen MR) is 132 cm³/mol. The van der Waals surface area contributed by atoms with Crippen molar-refractivity contribution in [3.05, 3.63) is 29.8 Å². The zero-order valence-electron chi connectivity index (χ0n) is 20.9. The first kappa shape index (κ1) is 27.4. The lowest BCUT2D eigenvalue weighted by Gasteiger charge is -2.23. The van der Waals surface area contributed by atoms with Crippen LogP contribution in [0.15, 0.2) is 24.3 Å². The van der Waals surface area contributed by atoms with Gasteiger partial charge in [-0.25, -0.2) is 0 Å². The fourth-order valence-electron chi connectivity index (χ4n) is 4.27.